The van der Waals surface area contributed by atoms with Gasteiger partial charge in [-0.1, -0.05) is 151 Å². The minimum Gasteiger partial charge on any atom is -0.444 e. The fourth-order valence-electron chi connectivity index (χ4n) is 6.45. The summed E-state index contributed by atoms with van der Waals surface area (Å²) in [7, 11) is 0. The predicted octanol–water partition coefficient (Wildman–Crippen LogP) is 9.92. The zero-order valence-electron chi connectivity index (χ0n) is 33.0. The average Bonchev–Trinajstić information content (AvgIpc) is 3.12. The third-order valence-corrected chi connectivity index (χ3v) is 9.80. The van der Waals surface area contributed by atoms with Crippen LogP contribution in [0.5, 0.6) is 0 Å². The lowest BCUT2D eigenvalue weighted by atomic mass is 9.83. The Morgan fingerprint density at radius 2 is 1.40 bits per heavy atom. The number of alkyl carbamates (subject to hydrolysis) is 1. The normalized spacial score (nSPS) is 21.9. The van der Waals surface area contributed by atoms with Crippen LogP contribution in [-0.4, -0.2) is 60.7 Å². The van der Waals surface area contributed by atoms with Crippen LogP contribution in [0.4, 0.5) is 4.79 Å². The molecule has 8 heteroatoms. The van der Waals surface area contributed by atoms with Crippen LogP contribution in [0, 0.1) is 11.8 Å². The Morgan fingerprint density at radius 3 is 2.00 bits per heavy atom. The largest absolute Gasteiger partial charge is 0.444 e. The number of carbonyl (C=O) groups excluding carboxylic acids is 1. The molecule has 2 aromatic carbocycles. The van der Waals surface area contributed by atoms with Crippen molar-refractivity contribution in [3.05, 3.63) is 83.9 Å². The van der Waals surface area contributed by atoms with Gasteiger partial charge in [0.1, 0.15) is 11.7 Å². The van der Waals surface area contributed by atoms with Crippen LogP contribution in [0.1, 0.15) is 123 Å². The smallest absolute Gasteiger partial charge is 0.408 e. The van der Waals surface area contributed by atoms with Crippen molar-refractivity contribution in [1.29, 1.82) is 0 Å². The van der Waals surface area contributed by atoms with E-state index < -0.39 is 30.1 Å². The van der Waals surface area contributed by atoms with E-state index in [1.54, 1.807) is 6.08 Å². The van der Waals surface area contributed by atoms with Gasteiger partial charge in [0.15, 0.2) is 6.29 Å². The molecule has 0 saturated carbocycles. The molecule has 2 N–H and O–H groups in total. The van der Waals surface area contributed by atoms with E-state index in [-0.39, 0.29) is 30.7 Å². The van der Waals surface area contributed by atoms with Gasteiger partial charge in [-0.3, -0.25) is 0 Å². The third-order valence-electron chi connectivity index (χ3n) is 9.80. The quantitative estimate of drug-likeness (QED) is 0.0823. The van der Waals surface area contributed by atoms with Gasteiger partial charge in [-0.25, -0.2) is 4.79 Å². The molecule has 0 aromatic heterocycles. The van der Waals surface area contributed by atoms with Crippen LogP contribution in [0.2, 0.25) is 0 Å². The van der Waals surface area contributed by atoms with Crippen molar-refractivity contribution < 1.29 is 33.6 Å². The van der Waals surface area contributed by atoms with Gasteiger partial charge in [0.05, 0.1) is 44.7 Å². The van der Waals surface area contributed by atoms with E-state index in [0.29, 0.717) is 19.8 Å². The SMILES string of the molecule is CCCCCCCCCCCC/C=C/[C@@H](O)[C@H](CO[C@H]1OC(COCc2ccccc2)[C@H](C)[C@H](C)C1OCc1ccccc1)NC(=O)OC(C)(C)C. The van der Waals surface area contributed by atoms with E-state index in [4.69, 9.17) is 23.7 Å². The van der Waals surface area contributed by atoms with Crippen molar-refractivity contribution in [1.82, 2.24) is 5.32 Å². The molecule has 0 radical (unpaired) electrons. The van der Waals surface area contributed by atoms with Gasteiger partial charge in [0, 0.05) is 0 Å². The molecule has 0 spiro atoms. The van der Waals surface area contributed by atoms with Gasteiger partial charge in [-0.2, -0.15) is 0 Å². The van der Waals surface area contributed by atoms with E-state index in [1.807, 2.05) is 87.5 Å². The summed E-state index contributed by atoms with van der Waals surface area (Å²) >= 11 is 0. The van der Waals surface area contributed by atoms with E-state index in [9.17, 15) is 9.90 Å². The predicted molar refractivity (Wildman–Crippen MR) is 209 cm³/mol. The van der Waals surface area contributed by atoms with Gasteiger partial charge >= 0.3 is 6.09 Å². The lowest BCUT2D eigenvalue weighted by molar-refractivity contribution is -0.291. The van der Waals surface area contributed by atoms with Gasteiger partial charge in [-0.15, -0.1) is 0 Å². The second-order valence-electron chi connectivity index (χ2n) is 15.5. The molecular weight excluding hydrogens is 654 g/mol. The molecule has 1 amide bonds. The van der Waals surface area contributed by atoms with Crippen molar-refractivity contribution in [3.63, 3.8) is 0 Å². The number of aliphatic hydroxyl groups is 1. The van der Waals surface area contributed by atoms with Gasteiger partial charge < -0.3 is 34.1 Å². The first-order chi connectivity index (χ1) is 25.1. The number of carbonyl (C=O) groups is 1. The Balaban J connectivity index is 1.62. The molecule has 1 aliphatic rings. The van der Waals surface area contributed by atoms with Gasteiger partial charge in [-0.05, 0) is 56.6 Å². The second kappa shape index (κ2) is 24.5. The van der Waals surface area contributed by atoms with Gasteiger partial charge in [0.2, 0.25) is 0 Å². The Hall–Kier alpha value is -2.75. The number of amides is 1. The highest BCUT2D eigenvalue weighted by Crippen LogP contribution is 2.34. The summed E-state index contributed by atoms with van der Waals surface area (Å²) in [5.74, 6) is 0.210. The molecule has 8 nitrogen and oxygen atoms in total. The Bertz CT molecular complexity index is 1230. The lowest BCUT2D eigenvalue weighted by Gasteiger charge is -2.44. The number of aliphatic hydroxyl groups excluding tert-OH is 1. The minimum absolute atomic E-state index is 0.00242. The molecule has 3 rings (SSSR count). The number of ether oxygens (including phenoxy) is 5. The van der Waals surface area contributed by atoms with Crippen molar-refractivity contribution in [2.24, 2.45) is 11.8 Å². The van der Waals surface area contributed by atoms with Crippen molar-refractivity contribution in [2.45, 2.75) is 162 Å². The first kappa shape index (κ1) is 43.7. The van der Waals surface area contributed by atoms with Crippen LogP contribution in [0.25, 0.3) is 0 Å². The number of nitrogens with one attached hydrogen (secondary N) is 1. The molecular formula is C44H69NO7. The Labute approximate surface area is 315 Å². The number of hydrogen-bond donors (Lipinski definition) is 2. The highest BCUT2D eigenvalue weighted by atomic mass is 16.7. The summed E-state index contributed by atoms with van der Waals surface area (Å²) in [5, 5.41) is 14.2. The minimum atomic E-state index is -0.982. The number of benzene rings is 2. The third kappa shape index (κ3) is 17.4. The number of unbranched alkanes of at least 4 members (excludes halogenated alkanes) is 10. The molecule has 2 unspecified atom stereocenters. The Morgan fingerprint density at radius 1 is 0.827 bits per heavy atom. The maximum absolute atomic E-state index is 12.9. The van der Waals surface area contributed by atoms with E-state index in [2.05, 4.69) is 26.1 Å². The van der Waals surface area contributed by atoms with Crippen LogP contribution in [0.3, 0.4) is 0 Å². The maximum atomic E-state index is 12.9. The van der Waals surface area contributed by atoms with Crippen molar-refractivity contribution in [3.8, 4) is 0 Å². The van der Waals surface area contributed by atoms with E-state index in [0.717, 1.165) is 24.0 Å². The molecule has 292 valence electrons. The fourth-order valence-corrected chi connectivity index (χ4v) is 6.45. The summed E-state index contributed by atoms with van der Waals surface area (Å²) in [6.45, 7) is 13.3. The molecule has 1 saturated heterocycles. The lowest BCUT2D eigenvalue weighted by Crippen LogP contribution is -2.54. The van der Waals surface area contributed by atoms with E-state index in [1.165, 1.54) is 57.8 Å². The van der Waals surface area contributed by atoms with E-state index >= 15 is 0 Å². The summed E-state index contributed by atoms with van der Waals surface area (Å²) in [5.41, 5.74) is 1.47. The molecule has 7 atom stereocenters. The average molecular weight is 724 g/mol. The summed E-state index contributed by atoms with van der Waals surface area (Å²) in [4.78, 5) is 12.9. The standard InChI is InChI=1S/C44H69NO7/c1-7-8-9-10-11-12-13-14-15-16-17-24-29-39(46)38(45-43(47)52-44(4,5)6)32-50-42-41(49-31-37-27-22-19-23-28-37)35(3)34(2)40(51-42)33-48-30-36-25-20-18-21-26-36/h18-29,34-35,38-42,46H,7-17,30-33H2,1-6H3,(H,45,47)/b29-24+/t34-,35+,38+,39-,40?,41?,42+/m1/s1. The van der Waals surface area contributed by atoms with Crippen molar-refractivity contribution in [2.75, 3.05) is 13.2 Å². The molecule has 52 heavy (non-hydrogen) atoms. The monoisotopic (exact) mass is 724 g/mol. The zero-order chi connectivity index (χ0) is 37.6. The van der Waals surface area contributed by atoms with Crippen LogP contribution in [0.15, 0.2) is 72.8 Å². The van der Waals surface area contributed by atoms with Crippen LogP contribution >= 0.6 is 0 Å². The molecule has 2 aromatic rings. The maximum Gasteiger partial charge on any atom is 0.408 e. The Kier molecular flexibility index (Phi) is 20.6. The highest BCUT2D eigenvalue weighted by Gasteiger charge is 2.43. The summed E-state index contributed by atoms with van der Waals surface area (Å²) in [6.07, 6.45) is 14.5. The first-order valence-electron chi connectivity index (χ1n) is 20.0. The van der Waals surface area contributed by atoms with Crippen molar-refractivity contribution >= 4 is 6.09 Å². The number of hydrogen-bond acceptors (Lipinski definition) is 7. The topological polar surface area (TPSA) is 95.5 Å². The highest BCUT2D eigenvalue weighted by molar-refractivity contribution is 5.68. The number of rotatable bonds is 24. The summed E-state index contributed by atoms with van der Waals surface area (Å²) in [6, 6.07) is 19.4. The molecule has 1 heterocycles. The zero-order valence-corrected chi connectivity index (χ0v) is 33.0. The molecule has 0 aliphatic carbocycles. The summed E-state index contributed by atoms with van der Waals surface area (Å²) < 4.78 is 31.2. The molecule has 1 aliphatic heterocycles. The van der Waals surface area contributed by atoms with Gasteiger partial charge in [0.25, 0.3) is 0 Å². The number of allylic oxidation sites excluding steroid dienone is 1. The fraction of sp³-hybridized carbons (Fsp3) is 0.659. The molecule has 0 bridgehead atoms. The van der Waals surface area contributed by atoms with Crippen LogP contribution < -0.4 is 5.32 Å². The first-order valence-corrected chi connectivity index (χ1v) is 20.0. The van der Waals surface area contributed by atoms with Crippen LogP contribution in [-0.2, 0) is 36.9 Å². The second-order valence-corrected chi connectivity index (χ2v) is 15.5. The molecule has 1 fully saturated rings.